The van der Waals surface area contributed by atoms with Crippen molar-refractivity contribution in [1.82, 2.24) is 0 Å². The van der Waals surface area contributed by atoms with E-state index in [2.05, 4.69) is 0 Å². The van der Waals surface area contributed by atoms with Crippen molar-refractivity contribution in [2.24, 2.45) is 0 Å². The maximum atomic E-state index is 8.74. The van der Waals surface area contributed by atoms with Crippen LogP contribution in [0.4, 0.5) is 0 Å². The van der Waals surface area contributed by atoms with Crippen LogP contribution >= 0.6 is 0 Å². The molecule has 8 heteroatoms. The molecule has 0 fully saturated rings. The Morgan fingerprint density at radius 2 is 1.69 bits per heavy atom. The maximum absolute atomic E-state index is 8.74. The molecule has 0 aromatic heterocycles. The van der Waals surface area contributed by atoms with E-state index in [4.69, 9.17) is 27.3 Å². The number of benzene rings is 1. The van der Waals surface area contributed by atoms with Crippen LogP contribution in [-0.4, -0.2) is 24.1 Å². The minimum Gasteiger partial charge on any atom is -1.00 e. The van der Waals surface area contributed by atoms with Gasteiger partial charge in [0.2, 0.25) is 0 Å². The first-order valence-corrected chi connectivity index (χ1v) is 5.37. The van der Waals surface area contributed by atoms with Gasteiger partial charge < -0.3 is 6.31 Å². The Labute approximate surface area is 108 Å². The molecule has 2 N–H and O–H groups in total. The molecule has 0 heterocycles. The first kappa shape index (κ1) is 17.8. The number of rotatable bonds is 3. The van der Waals surface area contributed by atoms with E-state index in [0.717, 1.165) is 5.75 Å². The van der Waals surface area contributed by atoms with Gasteiger partial charge in [0.25, 0.3) is 0 Å². The van der Waals surface area contributed by atoms with Crippen molar-refractivity contribution >= 4 is 10.4 Å². The van der Waals surface area contributed by atoms with Gasteiger partial charge in [0.15, 0.2) is 5.75 Å². The topological polar surface area (TPSA) is 93.1 Å². The van der Waals surface area contributed by atoms with Crippen molar-refractivity contribution in [1.29, 1.82) is 0 Å². The molecule has 1 aromatic rings. The molecular formula is C8H13LiO6S. The summed E-state index contributed by atoms with van der Waals surface area (Å²) in [5.74, 6) is 0.740. The van der Waals surface area contributed by atoms with E-state index in [1.54, 1.807) is 0 Å². The minimum absolute atomic E-state index is 0. The molecule has 16 heavy (non-hydrogen) atoms. The molecule has 6 nitrogen and oxygen atoms in total. The van der Waals surface area contributed by atoms with Gasteiger partial charge in [-0.25, -0.2) is 0 Å². The largest absolute Gasteiger partial charge is 1.00 e. The third kappa shape index (κ3) is 15.9. The van der Waals surface area contributed by atoms with Crippen LogP contribution < -0.4 is 23.7 Å². The zero-order valence-corrected chi connectivity index (χ0v) is 9.85. The molecular weight excluding hydrogens is 231 g/mol. The first-order chi connectivity index (χ1) is 6.93. The van der Waals surface area contributed by atoms with E-state index in [1.165, 1.54) is 0 Å². The molecule has 0 spiro atoms. The summed E-state index contributed by atoms with van der Waals surface area (Å²) in [6, 6.07) is 9.41. The first-order valence-electron chi connectivity index (χ1n) is 3.98. The normalized spacial score (nSPS) is 9.44. The fourth-order valence-corrected chi connectivity index (χ4v) is 0.603. The second-order valence-corrected chi connectivity index (χ2v) is 3.15. The van der Waals surface area contributed by atoms with Crippen molar-refractivity contribution in [2.75, 3.05) is 6.61 Å². The summed E-state index contributed by atoms with van der Waals surface area (Å²) < 4.78 is 31.6. The van der Waals surface area contributed by atoms with E-state index in [9.17, 15) is 0 Å². The zero-order chi connectivity index (χ0) is 11.7. The molecule has 0 saturated heterocycles. The van der Waals surface area contributed by atoms with E-state index in [1.807, 2.05) is 37.3 Å². The van der Waals surface area contributed by atoms with E-state index in [0.29, 0.717) is 6.61 Å². The van der Waals surface area contributed by atoms with Gasteiger partial charge in [-0.15, -0.1) is 0 Å². The summed E-state index contributed by atoms with van der Waals surface area (Å²) in [4.78, 5) is 9.57. The van der Waals surface area contributed by atoms with Crippen molar-refractivity contribution in [3.8, 4) is 5.75 Å². The molecule has 0 amide bonds. The average molecular weight is 244 g/mol. The SMILES string of the molecule is CCOOc1ccccc1.O=S(=O)(O)O.[H-].[Li+]. The Hall–Kier alpha value is -0.553. The van der Waals surface area contributed by atoms with Crippen LogP contribution in [0, 0.1) is 0 Å². The van der Waals surface area contributed by atoms with Gasteiger partial charge in [0.1, 0.15) is 0 Å². The van der Waals surface area contributed by atoms with Gasteiger partial charge in [-0.1, -0.05) is 18.2 Å². The molecule has 0 aliphatic heterocycles. The predicted molar refractivity (Wildman–Crippen MR) is 54.0 cm³/mol. The van der Waals surface area contributed by atoms with Crippen LogP contribution in [0.25, 0.3) is 0 Å². The van der Waals surface area contributed by atoms with Crippen LogP contribution in [0.3, 0.4) is 0 Å². The van der Waals surface area contributed by atoms with Gasteiger partial charge in [-0.3, -0.25) is 9.11 Å². The molecule has 0 radical (unpaired) electrons. The Morgan fingerprint density at radius 1 is 1.25 bits per heavy atom. The average Bonchev–Trinajstić information content (AvgIpc) is 2.14. The Kier molecular flexibility index (Phi) is 10.8. The number of para-hydroxylation sites is 1. The van der Waals surface area contributed by atoms with Crippen molar-refractivity contribution in [3.63, 3.8) is 0 Å². The molecule has 88 valence electrons. The van der Waals surface area contributed by atoms with Crippen molar-refractivity contribution < 1.29 is 47.6 Å². The number of hydrogen-bond acceptors (Lipinski definition) is 4. The van der Waals surface area contributed by atoms with Crippen LogP contribution in [0.5, 0.6) is 5.75 Å². The van der Waals surface area contributed by atoms with E-state index >= 15 is 0 Å². The zero-order valence-electron chi connectivity index (χ0n) is 10.0. The van der Waals surface area contributed by atoms with Gasteiger partial charge in [0.05, 0.1) is 6.61 Å². The maximum Gasteiger partial charge on any atom is 1.00 e. The molecule has 0 aliphatic carbocycles. The Balaban J connectivity index is -0.000000247. The fourth-order valence-electron chi connectivity index (χ4n) is 0.603. The van der Waals surface area contributed by atoms with Crippen molar-refractivity contribution in [2.45, 2.75) is 6.92 Å². The Morgan fingerprint density at radius 3 is 2.06 bits per heavy atom. The van der Waals surface area contributed by atoms with E-state index < -0.39 is 10.4 Å². The summed E-state index contributed by atoms with van der Waals surface area (Å²) in [5.41, 5.74) is 0. The van der Waals surface area contributed by atoms with Crippen LogP contribution in [0.1, 0.15) is 8.35 Å². The molecule has 0 atom stereocenters. The van der Waals surface area contributed by atoms with Gasteiger partial charge in [0, 0.05) is 0 Å². The standard InChI is InChI=1S/C8H10O2.Li.H2O4S.H/c1-2-9-10-8-6-4-3-5-7-8;;1-5(2,3)4;/h3-7H,2H2,1H3;;(H2,1,2,3,4);/q;+1;;-1. The molecule has 1 aromatic carbocycles. The second kappa shape index (κ2) is 9.66. The fraction of sp³-hybridized carbons (Fsp3) is 0.250. The van der Waals surface area contributed by atoms with Gasteiger partial charge in [-0.05, 0) is 19.1 Å². The van der Waals surface area contributed by atoms with Crippen LogP contribution in [0.2, 0.25) is 0 Å². The summed E-state index contributed by atoms with van der Waals surface area (Å²) in [7, 11) is -4.67. The summed E-state index contributed by atoms with van der Waals surface area (Å²) >= 11 is 0. The van der Waals surface area contributed by atoms with Crippen molar-refractivity contribution in [3.05, 3.63) is 30.3 Å². The molecule has 0 unspecified atom stereocenters. The summed E-state index contributed by atoms with van der Waals surface area (Å²) in [5, 5.41) is 0. The smallest absolute Gasteiger partial charge is 1.00 e. The van der Waals surface area contributed by atoms with E-state index in [-0.39, 0.29) is 20.3 Å². The third-order valence-electron chi connectivity index (χ3n) is 1.02. The molecule has 0 aliphatic rings. The second-order valence-electron chi connectivity index (χ2n) is 2.25. The number of hydrogen-bond donors (Lipinski definition) is 2. The monoisotopic (exact) mass is 244 g/mol. The minimum atomic E-state index is -4.67. The van der Waals surface area contributed by atoms with Crippen LogP contribution in [-0.2, 0) is 15.3 Å². The summed E-state index contributed by atoms with van der Waals surface area (Å²) in [6.07, 6.45) is 0. The molecule has 0 saturated carbocycles. The molecule has 0 bridgehead atoms. The molecule has 1 rings (SSSR count). The summed E-state index contributed by atoms with van der Waals surface area (Å²) in [6.45, 7) is 2.44. The van der Waals surface area contributed by atoms with Gasteiger partial charge >= 0.3 is 29.3 Å². The quantitative estimate of drug-likeness (QED) is 0.290. The van der Waals surface area contributed by atoms with Gasteiger partial charge in [-0.2, -0.15) is 13.3 Å². The Bertz CT molecular complexity index is 350. The van der Waals surface area contributed by atoms with Crippen LogP contribution in [0.15, 0.2) is 30.3 Å². The predicted octanol–water partition coefficient (Wildman–Crippen LogP) is -1.52. The third-order valence-corrected chi connectivity index (χ3v) is 1.02.